The standard InChI is InChI=1S/C15H19ClN2S2/c1-10(2)15-13(8-17-3)20-14(18-15)9-19-12-6-4-5-11(16)7-12/h4-7,10,17H,8-9H2,1-3H3. The number of hydrogen-bond acceptors (Lipinski definition) is 4. The van der Waals surface area contributed by atoms with Gasteiger partial charge in [-0.05, 0) is 31.2 Å². The van der Waals surface area contributed by atoms with E-state index in [0.29, 0.717) is 5.92 Å². The smallest absolute Gasteiger partial charge is 0.103 e. The Morgan fingerprint density at radius 3 is 2.85 bits per heavy atom. The van der Waals surface area contributed by atoms with Crippen molar-refractivity contribution in [3.63, 3.8) is 0 Å². The average molecular weight is 327 g/mol. The molecule has 20 heavy (non-hydrogen) atoms. The van der Waals surface area contributed by atoms with Gasteiger partial charge < -0.3 is 5.32 Å². The molecule has 0 saturated heterocycles. The second-order valence-electron chi connectivity index (χ2n) is 4.85. The first-order valence-electron chi connectivity index (χ1n) is 6.61. The summed E-state index contributed by atoms with van der Waals surface area (Å²) >= 11 is 9.60. The quantitative estimate of drug-likeness (QED) is 0.762. The van der Waals surface area contributed by atoms with E-state index in [2.05, 4.69) is 25.2 Å². The molecule has 1 aromatic carbocycles. The normalized spacial score (nSPS) is 11.2. The molecule has 0 atom stereocenters. The lowest BCUT2D eigenvalue weighted by Crippen LogP contribution is -2.06. The molecule has 2 rings (SSSR count). The highest BCUT2D eigenvalue weighted by molar-refractivity contribution is 7.98. The lowest BCUT2D eigenvalue weighted by atomic mass is 10.1. The van der Waals surface area contributed by atoms with Gasteiger partial charge in [0.25, 0.3) is 0 Å². The van der Waals surface area contributed by atoms with Gasteiger partial charge in [-0.15, -0.1) is 23.1 Å². The van der Waals surface area contributed by atoms with Crippen LogP contribution in [0.3, 0.4) is 0 Å². The summed E-state index contributed by atoms with van der Waals surface area (Å²) in [6.07, 6.45) is 0. The molecule has 0 fully saturated rings. The van der Waals surface area contributed by atoms with E-state index in [4.69, 9.17) is 16.6 Å². The Morgan fingerprint density at radius 1 is 1.40 bits per heavy atom. The molecule has 108 valence electrons. The number of nitrogens with zero attached hydrogens (tertiary/aromatic N) is 1. The topological polar surface area (TPSA) is 24.9 Å². The minimum atomic E-state index is 0.472. The first-order valence-corrected chi connectivity index (χ1v) is 8.79. The van der Waals surface area contributed by atoms with Crippen molar-refractivity contribution in [1.82, 2.24) is 10.3 Å². The zero-order chi connectivity index (χ0) is 14.5. The number of thiazole rings is 1. The van der Waals surface area contributed by atoms with Crippen LogP contribution in [0.15, 0.2) is 29.2 Å². The third kappa shape index (κ3) is 4.22. The van der Waals surface area contributed by atoms with Crippen LogP contribution < -0.4 is 5.32 Å². The van der Waals surface area contributed by atoms with Crippen LogP contribution in [0.1, 0.15) is 35.3 Å². The first-order chi connectivity index (χ1) is 9.60. The van der Waals surface area contributed by atoms with Crippen molar-refractivity contribution in [3.8, 4) is 0 Å². The summed E-state index contributed by atoms with van der Waals surface area (Å²) in [5.74, 6) is 1.37. The van der Waals surface area contributed by atoms with Crippen molar-refractivity contribution < 1.29 is 0 Å². The lowest BCUT2D eigenvalue weighted by molar-refractivity contribution is 0.769. The van der Waals surface area contributed by atoms with Crippen LogP contribution in [0.2, 0.25) is 5.02 Å². The van der Waals surface area contributed by atoms with Gasteiger partial charge >= 0.3 is 0 Å². The number of halogens is 1. The van der Waals surface area contributed by atoms with Crippen molar-refractivity contribution in [2.24, 2.45) is 0 Å². The molecule has 0 aliphatic carbocycles. The van der Waals surface area contributed by atoms with Gasteiger partial charge in [0.1, 0.15) is 5.01 Å². The average Bonchev–Trinajstić information content (AvgIpc) is 2.80. The number of hydrogen-bond donors (Lipinski definition) is 1. The lowest BCUT2D eigenvalue weighted by Gasteiger charge is -2.03. The number of benzene rings is 1. The van der Waals surface area contributed by atoms with E-state index in [9.17, 15) is 0 Å². The summed E-state index contributed by atoms with van der Waals surface area (Å²) in [5.41, 5.74) is 1.23. The highest BCUT2D eigenvalue weighted by atomic mass is 35.5. The Bertz CT molecular complexity index is 567. The molecule has 0 bridgehead atoms. The largest absolute Gasteiger partial charge is 0.315 e. The third-order valence-corrected chi connectivity index (χ3v) is 5.31. The summed E-state index contributed by atoms with van der Waals surface area (Å²) < 4.78 is 0. The fourth-order valence-corrected chi connectivity index (χ4v) is 4.35. The van der Waals surface area contributed by atoms with Gasteiger partial charge in [-0.25, -0.2) is 4.98 Å². The number of thioether (sulfide) groups is 1. The third-order valence-electron chi connectivity index (χ3n) is 2.81. The second-order valence-corrected chi connectivity index (χ2v) is 7.50. The molecule has 0 aliphatic rings. The summed E-state index contributed by atoms with van der Waals surface area (Å²) in [6.45, 7) is 5.29. The Morgan fingerprint density at radius 2 is 2.20 bits per heavy atom. The number of rotatable bonds is 6. The minimum Gasteiger partial charge on any atom is -0.315 e. The van der Waals surface area contributed by atoms with Gasteiger partial charge in [0.2, 0.25) is 0 Å². The molecule has 0 radical (unpaired) electrons. The van der Waals surface area contributed by atoms with E-state index in [1.165, 1.54) is 20.5 Å². The maximum atomic E-state index is 6.00. The van der Waals surface area contributed by atoms with Crippen LogP contribution in [0, 0.1) is 0 Å². The van der Waals surface area contributed by atoms with Crippen LogP contribution in [-0.2, 0) is 12.3 Å². The maximum Gasteiger partial charge on any atom is 0.103 e. The fourth-order valence-electron chi connectivity index (χ4n) is 1.92. The number of nitrogens with one attached hydrogen (secondary N) is 1. The molecule has 1 N–H and O–H groups in total. The van der Waals surface area contributed by atoms with E-state index >= 15 is 0 Å². The van der Waals surface area contributed by atoms with Gasteiger partial charge in [-0.2, -0.15) is 0 Å². The predicted octanol–water partition coefficient (Wildman–Crippen LogP) is 4.93. The van der Waals surface area contributed by atoms with Gasteiger partial charge in [0.15, 0.2) is 0 Å². The molecule has 0 amide bonds. The predicted molar refractivity (Wildman–Crippen MR) is 90.0 cm³/mol. The SMILES string of the molecule is CNCc1sc(CSc2cccc(Cl)c2)nc1C(C)C. The van der Waals surface area contributed by atoms with Gasteiger partial charge in [-0.1, -0.05) is 31.5 Å². The molecule has 0 saturated carbocycles. The zero-order valence-corrected chi connectivity index (χ0v) is 14.3. The summed E-state index contributed by atoms with van der Waals surface area (Å²) in [5, 5.41) is 5.19. The zero-order valence-electron chi connectivity index (χ0n) is 11.9. The Labute approximate surface area is 134 Å². The minimum absolute atomic E-state index is 0.472. The van der Waals surface area contributed by atoms with Crippen molar-refractivity contribution in [2.45, 2.75) is 37.0 Å². The fraction of sp³-hybridized carbons (Fsp3) is 0.400. The van der Waals surface area contributed by atoms with E-state index in [0.717, 1.165) is 17.3 Å². The van der Waals surface area contributed by atoms with Crippen molar-refractivity contribution in [2.75, 3.05) is 7.05 Å². The van der Waals surface area contributed by atoms with Crippen LogP contribution in [0.5, 0.6) is 0 Å². The Balaban J connectivity index is 2.07. The summed E-state index contributed by atoms with van der Waals surface area (Å²) in [6, 6.07) is 7.97. The second kappa shape index (κ2) is 7.46. The summed E-state index contributed by atoms with van der Waals surface area (Å²) in [7, 11) is 1.98. The van der Waals surface area contributed by atoms with Crippen molar-refractivity contribution in [3.05, 3.63) is 44.9 Å². The molecule has 0 aliphatic heterocycles. The highest BCUT2D eigenvalue weighted by Gasteiger charge is 2.13. The summed E-state index contributed by atoms with van der Waals surface area (Å²) in [4.78, 5) is 7.33. The molecule has 5 heteroatoms. The van der Waals surface area contributed by atoms with Crippen molar-refractivity contribution >= 4 is 34.7 Å². The highest BCUT2D eigenvalue weighted by Crippen LogP contribution is 2.30. The van der Waals surface area contributed by atoms with Crippen molar-refractivity contribution in [1.29, 1.82) is 0 Å². The molecule has 1 aromatic heterocycles. The first kappa shape index (κ1) is 15.8. The monoisotopic (exact) mass is 326 g/mol. The van der Waals surface area contributed by atoms with E-state index in [1.807, 2.05) is 36.6 Å². The van der Waals surface area contributed by atoms with Crippen LogP contribution in [0.4, 0.5) is 0 Å². The van der Waals surface area contributed by atoms with Crippen LogP contribution in [0.25, 0.3) is 0 Å². The van der Waals surface area contributed by atoms with E-state index in [1.54, 1.807) is 11.8 Å². The van der Waals surface area contributed by atoms with E-state index < -0.39 is 0 Å². The molecular weight excluding hydrogens is 308 g/mol. The Kier molecular flexibility index (Phi) is 5.90. The van der Waals surface area contributed by atoms with Gasteiger partial charge in [0.05, 0.1) is 11.4 Å². The molecule has 2 aromatic rings. The van der Waals surface area contributed by atoms with Gasteiger partial charge in [-0.3, -0.25) is 0 Å². The van der Waals surface area contributed by atoms with Crippen LogP contribution in [-0.4, -0.2) is 12.0 Å². The molecule has 2 nitrogen and oxygen atoms in total. The maximum absolute atomic E-state index is 6.00. The molecule has 0 unspecified atom stereocenters. The molecule has 1 heterocycles. The van der Waals surface area contributed by atoms with E-state index in [-0.39, 0.29) is 0 Å². The molecular formula is C15H19ClN2S2. The molecule has 0 spiro atoms. The Hall–Kier alpha value is -0.550. The van der Waals surface area contributed by atoms with Crippen LogP contribution >= 0.6 is 34.7 Å². The van der Waals surface area contributed by atoms with Gasteiger partial charge in [0, 0.05) is 21.3 Å². The number of aromatic nitrogens is 1.